The van der Waals surface area contributed by atoms with E-state index in [1.54, 1.807) is 18.2 Å². The largest absolute Gasteiger partial charge is 0.436 e. The number of hydrogen-bond donors (Lipinski definition) is 1. The molecule has 0 aliphatic rings. The van der Waals surface area contributed by atoms with E-state index >= 15 is 0 Å². The van der Waals surface area contributed by atoms with Gasteiger partial charge in [0.2, 0.25) is 0 Å². The summed E-state index contributed by atoms with van der Waals surface area (Å²) in [6.07, 6.45) is 0.812. The van der Waals surface area contributed by atoms with Crippen molar-refractivity contribution in [1.82, 2.24) is 4.98 Å². The highest BCUT2D eigenvalue weighted by molar-refractivity contribution is 5.41. The zero-order valence-corrected chi connectivity index (χ0v) is 11.4. The van der Waals surface area contributed by atoms with Crippen LogP contribution in [0.5, 0.6) is 11.6 Å². The number of aryl methyl sites for hydroxylation is 1. The van der Waals surface area contributed by atoms with Crippen LogP contribution in [0.2, 0.25) is 0 Å². The second-order valence-corrected chi connectivity index (χ2v) is 4.45. The van der Waals surface area contributed by atoms with Crippen LogP contribution in [-0.2, 0) is 0 Å². The zero-order chi connectivity index (χ0) is 14.5. The quantitative estimate of drug-likeness (QED) is 0.886. The van der Waals surface area contributed by atoms with E-state index in [1.165, 1.54) is 0 Å². The number of halogens is 2. The molecule has 0 atom stereocenters. The van der Waals surface area contributed by atoms with Crippen molar-refractivity contribution in [3.63, 3.8) is 0 Å². The van der Waals surface area contributed by atoms with Crippen LogP contribution in [0.25, 0.3) is 0 Å². The summed E-state index contributed by atoms with van der Waals surface area (Å²) < 4.78 is 32.6. The first kappa shape index (κ1) is 14.2. The van der Waals surface area contributed by atoms with Gasteiger partial charge in [0.25, 0.3) is 5.88 Å². The SMILES string of the molecule is CCCNc1nc(Oc2cccc(C)c2)c(F)cc1F. The van der Waals surface area contributed by atoms with E-state index in [1.807, 2.05) is 19.9 Å². The summed E-state index contributed by atoms with van der Waals surface area (Å²) in [6.45, 7) is 4.40. The third-order valence-corrected chi connectivity index (χ3v) is 2.64. The molecule has 2 aromatic rings. The zero-order valence-electron chi connectivity index (χ0n) is 11.4. The molecule has 106 valence electrons. The van der Waals surface area contributed by atoms with Crippen LogP contribution in [-0.4, -0.2) is 11.5 Å². The molecule has 1 aromatic carbocycles. The van der Waals surface area contributed by atoms with Crippen LogP contribution in [0, 0.1) is 18.6 Å². The first-order valence-corrected chi connectivity index (χ1v) is 6.44. The van der Waals surface area contributed by atoms with Gasteiger partial charge in [0.1, 0.15) is 5.75 Å². The lowest BCUT2D eigenvalue weighted by atomic mass is 10.2. The van der Waals surface area contributed by atoms with Gasteiger partial charge in [-0.05, 0) is 31.0 Å². The Morgan fingerprint density at radius 3 is 2.70 bits per heavy atom. The Hall–Kier alpha value is -2.17. The molecular weight excluding hydrogens is 262 g/mol. The number of ether oxygens (including phenoxy) is 1. The van der Waals surface area contributed by atoms with Crippen molar-refractivity contribution in [3.8, 4) is 11.6 Å². The molecular formula is C15H16F2N2O. The van der Waals surface area contributed by atoms with Crippen molar-refractivity contribution in [3.05, 3.63) is 47.5 Å². The minimum absolute atomic E-state index is 0.00379. The molecule has 0 fully saturated rings. The van der Waals surface area contributed by atoms with E-state index in [-0.39, 0.29) is 11.7 Å². The molecule has 1 aromatic heterocycles. The molecule has 0 bridgehead atoms. The molecule has 0 radical (unpaired) electrons. The van der Waals surface area contributed by atoms with Gasteiger partial charge in [0.05, 0.1) is 0 Å². The Labute approximate surface area is 116 Å². The van der Waals surface area contributed by atoms with E-state index in [4.69, 9.17) is 4.74 Å². The molecule has 0 amide bonds. The summed E-state index contributed by atoms with van der Waals surface area (Å²) in [4.78, 5) is 3.85. The molecule has 0 spiro atoms. The van der Waals surface area contributed by atoms with Gasteiger partial charge in [-0.3, -0.25) is 0 Å². The van der Waals surface area contributed by atoms with E-state index in [9.17, 15) is 8.78 Å². The molecule has 0 saturated carbocycles. The Balaban J connectivity index is 2.26. The van der Waals surface area contributed by atoms with Crippen molar-refractivity contribution in [2.45, 2.75) is 20.3 Å². The molecule has 20 heavy (non-hydrogen) atoms. The summed E-state index contributed by atoms with van der Waals surface area (Å²) in [5, 5.41) is 2.79. The molecule has 0 unspecified atom stereocenters. The van der Waals surface area contributed by atoms with Gasteiger partial charge in [-0.15, -0.1) is 0 Å². The maximum absolute atomic E-state index is 13.7. The van der Waals surface area contributed by atoms with Gasteiger partial charge in [0, 0.05) is 12.6 Å². The number of aromatic nitrogens is 1. The lowest BCUT2D eigenvalue weighted by molar-refractivity contribution is 0.417. The average molecular weight is 278 g/mol. The summed E-state index contributed by atoms with van der Waals surface area (Å²) in [5.41, 5.74) is 0.981. The number of hydrogen-bond acceptors (Lipinski definition) is 3. The molecule has 3 nitrogen and oxygen atoms in total. The standard InChI is InChI=1S/C15H16F2N2O/c1-3-7-18-14-12(16)9-13(17)15(19-14)20-11-6-4-5-10(2)8-11/h4-6,8-9H,3,7H2,1-2H3,(H,18,19). The van der Waals surface area contributed by atoms with Crippen molar-refractivity contribution in [1.29, 1.82) is 0 Å². The first-order chi connectivity index (χ1) is 9.60. The van der Waals surface area contributed by atoms with Gasteiger partial charge < -0.3 is 10.1 Å². The van der Waals surface area contributed by atoms with Gasteiger partial charge in [-0.1, -0.05) is 19.1 Å². The molecule has 5 heteroatoms. The Bertz CT molecular complexity index is 602. The smallest absolute Gasteiger partial charge is 0.258 e. The van der Waals surface area contributed by atoms with Gasteiger partial charge in [0.15, 0.2) is 17.5 Å². The average Bonchev–Trinajstić information content (AvgIpc) is 2.40. The van der Waals surface area contributed by atoms with Crippen LogP contribution in [0.1, 0.15) is 18.9 Å². The molecule has 1 heterocycles. The summed E-state index contributed by atoms with van der Waals surface area (Å²) >= 11 is 0. The van der Waals surface area contributed by atoms with E-state index in [2.05, 4.69) is 10.3 Å². The first-order valence-electron chi connectivity index (χ1n) is 6.44. The second-order valence-electron chi connectivity index (χ2n) is 4.45. The number of anilines is 1. The fraction of sp³-hybridized carbons (Fsp3) is 0.267. The Kier molecular flexibility index (Phi) is 4.50. The third-order valence-electron chi connectivity index (χ3n) is 2.64. The van der Waals surface area contributed by atoms with Crippen molar-refractivity contribution in [2.75, 3.05) is 11.9 Å². The van der Waals surface area contributed by atoms with Gasteiger partial charge in [-0.25, -0.2) is 8.78 Å². The van der Waals surface area contributed by atoms with Crippen molar-refractivity contribution >= 4 is 5.82 Å². The monoisotopic (exact) mass is 278 g/mol. The normalized spacial score (nSPS) is 10.4. The second kappa shape index (κ2) is 6.32. The lowest BCUT2D eigenvalue weighted by Crippen LogP contribution is -2.06. The number of pyridine rings is 1. The van der Waals surface area contributed by atoms with E-state index in [0.29, 0.717) is 12.3 Å². The Morgan fingerprint density at radius 1 is 1.20 bits per heavy atom. The third kappa shape index (κ3) is 3.44. The van der Waals surface area contributed by atoms with E-state index in [0.717, 1.165) is 18.1 Å². The highest BCUT2D eigenvalue weighted by Crippen LogP contribution is 2.26. The van der Waals surface area contributed by atoms with E-state index < -0.39 is 11.6 Å². The fourth-order valence-electron chi connectivity index (χ4n) is 1.68. The fourth-order valence-corrected chi connectivity index (χ4v) is 1.68. The van der Waals surface area contributed by atoms with Crippen LogP contribution in [0.3, 0.4) is 0 Å². The molecule has 0 aliphatic carbocycles. The topological polar surface area (TPSA) is 34.2 Å². The summed E-state index contributed by atoms with van der Waals surface area (Å²) in [6, 6.07) is 7.91. The number of rotatable bonds is 5. The highest BCUT2D eigenvalue weighted by atomic mass is 19.1. The summed E-state index contributed by atoms with van der Waals surface area (Å²) in [7, 11) is 0. The summed E-state index contributed by atoms with van der Waals surface area (Å²) in [5.74, 6) is -1.34. The molecule has 1 N–H and O–H groups in total. The molecule has 0 saturated heterocycles. The van der Waals surface area contributed by atoms with Crippen molar-refractivity contribution < 1.29 is 13.5 Å². The van der Waals surface area contributed by atoms with Gasteiger partial charge >= 0.3 is 0 Å². The molecule has 2 rings (SSSR count). The maximum Gasteiger partial charge on any atom is 0.258 e. The minimum Gasteiger partial charge on any atom is -0.436 e. The van der Waals surface area contributed by atoms with Crippen LogP contribution in [0.15, 0.2) is 30.3 Å². The van der Waals surface area contributed by atoms with Crippen LogP contribution in [0.4, 0.5) is 14.6 Å². The number of nitrogens with one attached hydrogen (secondary N) is 1. The number of benzene rings is 1. The van der Waals surface area contributed by atoms with Crippen molar-refractivity contribution in [2.24, 2.45) is 0 Å². The highest BCUT2D eigenvalue weighted by Gasteiger charge is 2.13. The van der Waals surface area contributed by atoms with Crippen LogP contribution < -0.4 is 10.1 Å². The Morgan fingerprint density at radius 2 is 2.00 bits per heavy atom. The van der Waals surface area contributed by atoms with Crippen LogP contribution >= 0.6 is 0 Å². The van der Waals surface area contributed by atoms with Gasteiger partial charge in [-0.2, -0.15) is 4.98 Å². The predicted octanol–water partition coefficient (Wildman–Crippen LogP) is 4.28. The molecule has 0 aliphatic heterocycles. The minimum atomic E-state index is -0.828. The number of nitrogens with zero attached hydrogens (tertiary/aromatic N) is 1. The lowest BCUT2D eigenvalue weighted by Gasteiger charge is -2.10. The predicted molar refractivity (Wildman–Crippen MR) is 74.2 cm³/mol. The maximum atomic E-state index is 13.7.